The predicted octanol–water partition coefficient (Wildman–Crippen LogP) is 3.07. The van der Waals surface area contributed by atoms with Gasteiger partial charge >= 0.3 is 0 Å². The van der Waals surface area contributed by atoms with Crippen molar-refractivity contribution < 1.29 is 14.3 Å². The number of methoxy groups -OCH3 is 1. The third kappa shape index (κ3) is 5.19. The minimum atomic E-state index is -0.272. The van der Waals surface area contributed by atoms with Crippen molar-refractivity contribution in [2.24, 2.45) is 0 Å². The normalized spacial score (nSPS) is 10.3. The molecule has 2 aromatic rings. The molecule has 1 N–H and O–H groups in total. The molecule has 6 nitrogen and oxygen atoms in total. The van der Waals surface area contributed by atoms with Gasteiger partial charge in [-0.1, -0.05) is 36.1 Å². The number of thioether (sulfide) groups is 1. The zero-order chi connectivity index (χ0) is 15.8. The molecule has 22 heavy (non-hydrogen) atoms. The average Bonchev–Trinajstić information content (AvgIpc) is 2.98. The molecular formula is C14H17N3O3S2. The maximum atomic E-state index is 11.8. The smallest absolute Gasteiger partial charge is 0.264 e. The summed E-state index contributed by atoms with van der Waals surface area (Å²) in [5, 5.41) is 11.1. The monoisotopic (exact) mass is 339 g/mol. The summed E-state index contributed by atoms with van der Waals surface area (Å²) in [4.78, 5) is 11.8. The van der Waals surface area contributed by atoms with E-state index in [0.29, 0.717) is 16.6 Å². The van der Waals surface area contributed by atoms with Gasteiger partial charge < -0.3 is 9.47 Å². The molecular weight excluding hydrogens is 322 g/mol. The van der Waals surface area contributed by atoms with Gasteiger partial charge in [-0.15, -0.1) is 10.2 Å². The first-order valence-corrected chi connectivity index (χ1v) is 8.54. The third-order valence-electron chi connectivity index (χ3n) is 2.49. The summed E-state index contributed by atoms with van der Waals surface area (Å²) in [6.45, 7) is 2.01. The van der Waals surface area contributed by atoms with Crippen LogP contribution in [0.2, 0.25) is 0 Å². The number of benzene rings is 1. The van der Waals surface area contributed by atoms with Crippen LogP contribution in [0.1, 0.15) is 13.3 Å². The Bertz CT molecular complexity index is 619. The quantitative estimate of drug-likeness (QED) is 0.588. The lowest BCUT2D eigenvalue weighted by Crippen LogP contribution is -2.20. The summed E-state index contributed by atoms with van der Waals surface area (Å²) in [5.41, 5.74) is 0. The predicted molar refractivity (Wildman–Crippen MR) is 88.0 cm³/mol. The summed E-state index contributed by atoms with van der Waals surface area (Å²) >= 11 is 2.99. The fraction of sp³-hybridized carbons (Fsp3) is 0.357. The number of nitrogens with zero attached hydrogens (tertiary/aromatic N) is 2. The van der Waals surface area contributed by atoms with Crippen molar-refractivity contribution in [1.82, 2.24) is 10.2 Å². The van der Waals surface area contributed by atoms with Crippen molar-refractivity contribution in [3.63, 3.8) is 0 Å². The van der Waals surface area contributed by atoms with Crippen LogP contribution >= 0.6 is 23.1 Å². The number of anilines is 1. The molecule has 1 amide bonds. The Morgan fingerprint density at radius 1 is 1.36 bits per heavy atom. The van der Waals surface area contributed by atoms with Crippen molar-refractivity contribution >= 4 is 34.1 Å². The van der Waals surface area contributed by atoms with E-state index in [4.69, 9.17) is 9.47 Å². The fourth-order valence-electron chi connectivity index (χ4n) is 1.50. The minimum Gasteiger partial charge on any atom is -0.497 e. The van der Waals surface area contributed by atoms with Gasteiger partial charge in [0.2, 0.25) is 5.13 Å². The maximum Gasteiger partial charge on any atom is 0.264 e. The molecule has 0 saturated carbocycles. The first-order valence-electron chi connectivity index (χ1n) is 6.74. The van der Waals surface area contributed by atoms with E-state index in [-0.39, 0.29) is 12.5 Å². The lowest BCUT2D eigenvalue weighted by molar-refractivity contribution is -0.118. The Kier molecular flexibility index (Phi) is 6.47. The van der Waals surface area contributed by atoms with Crippen LogP contribution in [0.5, 0.6) is 11.5 Å². The van der Waals surface area contributed by atoms with Crippen molar-refractivity contribution in [3.05, 3.63) is 24.3 Å². The molecule has 0 aliphatic rings. The van der Waals surface area contributed by atoms with E-state index in [1.165, 1.54) is 11.3 Å². The molecule has 0 fully saturated rings. The number of carbonyl (C=O) groups is 1. The summed E-state index contributed by atoms with van der Waals surface area (Å²) in [6, 6.07) is 7.09. The van der Waals surface area contributed by atoms with Gasteiger partial charge in [0.05, 0.1) is 7.11 Å². The number of carbonyl (C=O) groups excluding carboxylic acids is 1. The van der Waals surface area contributed by atoms with E-state index in [9.17, 15) is 4.79 Å². The van der Waals surface area contributed by atoms with Gasteiger partial charge in [-0.25, -0.2) is 0 Å². The topological polar surface area (TPSA) is 73.3 Å². The van der Waals surface area contributed by atoms with Crippen molar-refractivity contribution in [2.45, 2.75) is 17.7 Å². The van der Waals surface area contributed by atoms with Gasteiger partial charge in [0.15, 0.2) is 10.9 Å². The minimum absolute atomic E-state index is 0.0931. The van der Waals surface area contributed by atoms with Crippen LogP contribution < -0.4 is 14.8 Å². The summed E-state index contributed by atoms with van der Waals surface area (Å²) < 4.78 is 11.4. The summed E-state index contributed by atoms with van der Waals surface area (Å²) in [5.74, 6) is 1.97. The third-order valence-corrected chi connectivity index (χ3v) is 4.67. The van der Waals surface area contributed by atoms with Crippen LogP contribution in [-0.4, -0.2) is 35.6 Å². The molecule has 2 rings (SSSR count). The Morgan fingerprint density at radius 2 is 2.18 bits per heavy atom. The van der Waals surface area contributed by atoms with Crippen molar-refractivity contribution in [3.8, 4) is 11.5 Å². The average molecular weight is 339 g/mol. The first-order chi connectivity index (χ1) is 10.7. The SMILES string of the molecule is CCCSc1nnc(NC(=O)COc2cccc(OC)c2)s1. The van der Waals surface area contributed by atoms with Gasteiger partial charge in [0.1, 0.15) is 11.5 Å². The summed E-state index contributed by atoms with van der Waals surface area (Å²) in [7, 11) is 1.58. The Balaban J connectivity index is 1.81. The number of aromatic nitrogens is 2. The Morgan fingerprint density at radius 3 is 2.95 bits per heavy atom. The molecule has 0 saturated heterocycles. The Labute approximate surface area is 137 Å². The molecule has 0 unspecified atom stereocenters. The number of nitrogens with one attached hydrogen (secondary N) is 1. The van der Waals surface area contributed by atoms with Gasteiger partial charge in [-0.2, -0.15) is 0 Å². The van der Waals surface area contributed by atoms with Crippen LogP contribution in [0.3, 0.4) is 0 Å². The number of amides is 1. The van der Waals surface area contributed by atoms with Gasteiger partial charge in [0.25, 0.3) is 5.91 Å². The van der Waals surface area contributed by atoms with Crippen molar-refractivity contribution in [1.29, 1.82) is 0 Å². The lowest BCUT2D eigenvalue weighted by atomic mass is 10.3. The van der Waals surface area contributed by atoms with E-state index in [1.54, 1.807) is 37.1 Å². The van der Waals surface area contributed by atoms with E-state index in [2.05, 4.69) is 22.4 Å². The number of hydrogen-bond acceptors (Lipinski definition) is 7. The van der Waals surface area contributed by atoms with E-state index in [0.717, 1.165) is 16.5 Å². The first kappa shape index (κ1) is 16.6. The van der Waals surface area contributed by atoms with E-state index >= 15 is 0 Å². The van der Waals surface area contributed by atoms with Gasteiger partial charge in [0, 0.05) is 11.8 Å². The fourth-order valence-corrected chi connectivity index (χ4v) is 3.20. The molecule has 1 aromatic carbocycles. The number of rotatable bonds is 8. The highest BCUT2D eigenvalue weighted by Crippen LogP contribution is 2.25. The molecule has 0 atom stereocenters. The molecule has 0 aliphatic carbocycles. The molecule has 0 aliphatic heterocycles. The second-order valence-electron chi connectivity index (χ2n) is 4.24. The van der Waals surface area contributed by atoms with Crippen molar-refractivity contribution in [2.75, 3.05) is 24.8 Å². The maximum absolute atomic E-state index is 11.8. The number of hydrogen-bond donors (Lipinski definition) is 1. The molecule has 8 heteroatoms. The molecule has 0 bridgehead atoms. The molecule has 1 heterocycles. The zero-order valence-electron chi connectivity index (χ0n) is 12.4. The Hall–Kier alpha value is -1.80. The molecule has 0 spiro atoms. The van der Waals surface area contributed by atoms with Gasteiger partial charge in [-0.3, -0.25) is 10.1 Å². The molecule has 118 valence electrons. The highest BCUT2D eigenvalue weighted by atomic mass is 32.2. The van der Waals surface area contributed by atoms with Gasteiger partial charge in [-0.05, 0) is 18.6 Å². The van der Waals surface area contributed by atoms with Crippen LogP contribution in [0.15, 0.2) is 28.6 Å². The highest BCUT2D eigenvalue weighted by Gasteiger charge is 2.09. The van der Waals surface area contributed by atoms with Crippen LogP contribution in [-0.2, 0) is 4.79 Å². The second-order valence-corrected chi connectivity index (χ2v) is 6.56. The highest BCUT2D eigenvalue weighted by molar-refractivity contribution is 8.01. The lowest BCUT2D eigenvalue weighted by Gasteiger charge is -2.06. The molecule has 1 aromatic heterocycles. The van der Waals surface area contributed by atoms with E-state index < -0.39 is 0 Å². The standard InChI is InChI=1S/C14H17N3O3S2/c1-3-7-21-14-17-16-13(22-14)15-12(18)9-20-11-6-4-5-10(8-11)19-2/h4-6,8H,3,7,9H2,1-2H3,(H,15,16,18). The number of ether oxygens (including phenoxy) is 2. The van der Waals surface area contributed by atoms with Crippen LogP contribution in [0.4, 0.5) is 5.13 Å². The van der Waals surface area contributed by atoms with E-state index in [1.807, 2.05) is 6.07 Å². The van der Waals surface area contributed by atoms with Crippen LogP contribution in [0.25, 0.3) is 0 Å². The molecule has 0 radical (unpaired) electrons. The summed E-state index contributed by atoms with van der Waals surface area (Å²) in [6.07, 6.45) is 1.07. The largest absolute Gasteiger partial charge is 0.497 e. The van der Waals surface area contributed by atoms with Crippen LogP contribution in [0, 0.1) is 0 Å². The second kappa shape index (κ2) is 8.60. The zero-order valence-corrected chi connectivity index (χ0v) is 14.0.